The number of hydrogen-bond acceptors (Lipinski definition) is 3. The van der Waals surface area contributed by atoms with Gasteiger partial charge in [-0.3, -0.25) is 14.4 Å². The Labute approximate surface area is 178 Å². The summed E-state index contributed by atoms with van der Waals surface area (Å²) >= 11 is 0. The summed E-state index contributed by atoms with van der Waals surface area (Å²) in [7, 11) is 0. The van der Waals surface area contributed by atoms with Crippen molar-refractivity contribution in [2.75, 3.05) is 0 Å². The highest BCUT2D eigenvalue weighted by Gasteiger charge is 2.18. The molecule has 0 rings (SSSR count). The smallest absolute Gasteiger partial charge is 0.303 e. The van der Waals surface area contributed by atoms with Gasteiger partial charge < -0.3 is 10.4 Å². The number of carboxylic acid groups (broad SMARTS) is 1. The largest absolute Gasteiger partial charge is 0.481 e. The summed E-state index contributed by atoms with van der Waals surface area (Å²) in [5, 5.41) is 11.6. The molecule has 0 unspecified atom stereocenters. The quantitative estimate of drug-likeness (QED) is 0.174. The Hall–Kier alpha value is -1.39. The summed E-state index contributed by atoms with van der Waals surface area (Å²) in [6.07, 6.45) is 18.1. The topological polar surface area (TPSA) is 83.5 Å². The van der Waals surface area contributed by atoms with Crippen molar-refractivity contribution in [3.8, 4) is 0 Å². The maximum Gasteiger partial charge on any atom is 0.303 e. The van der Waals surface area contributed by atoms with Crippen LogP contribution in [0, 0.1) is 0 Å². The van der Waals surface area contributed by atoms with E-state index in [-0.39, 0.29) is 18.2 Å². The number of carbonyl (C=O) groups excluding carboxylic acids is 2. The van der Waals surface area contributed by atoms with Gasteiger partial charge in [-0.05, 0) is 19.3 Å². The van der Waals surface area contributed by atoms with Gasteiger partial charge in [-0.1, -0.05) is 97.3 Å². The van der Waals surface area contributed by atoms with Crippen molar-refractivity contribution in [1.82, 2.24) is 5.32 Å². The Morgan fingerprint density at radius 1 is 0.655 bits per heavy atom. The van der Waals surface area contributed by atoms with Crippen molar-refractivity contribution in [3.05, 3.63) is 0 Å². The van der Waals surface area contributed by atoms with Gasteiger partial charge in [0.05, 0.1) is 0 Å². The summed E-state index contributed by atoms with van der Waals surface area (Å²) in [5.41, 5.74) is 0. The molecule has 29 heavy (non-hydrogen) atoms. The summed E-state index contributed by atoms with van der Waals surface area (Å²) in [5.74, 6) is -1.78. The van der Waals surface area contributed by atoms with Crippen LogP contribution in [0.4, 0.5) is 0 Å². The van der Waals surface area contributed by atoms with Crippen LogP contribution in [0.15, 0.2) is 0 Å². The first-order valence-corrected chi connectivity index (χ1v) is 12.1. The molecule has 0 heterocycles. The summed E-state index contributed by atoms with van der Waals surface area (Å²) in [6.45, 7) is 4.29. The molecule has 0 fully saturated rings. The third kappa shape index (κ3) is 18.4. The summed E-state index contributed by atoms with van der Waals surface area (Å²) in [6, 6.07) is -0.218. The number of nitrogens with one attached hydrogen (secondary N) is 1. The van der Waals surface area contributed by atoms with E-state index in [0.717, 1.165) is 38.5 Å². The van der Waals surface area contributed by atoms with Gasteiger partial charge >= 0.3 is 5.97 Å². The number of unbranched alkanes of at least 4 members (excludes halogenated alkanes) is 12. The van der Waals surface area contributed by atoms with E-state index >= 15 is 0 Å². The van der Waals surface area contributed by atoms with Gasteiger partial charge in [-0.15, -0.1) is 0 Å². The molecule has 0 aromatic heterocycles. The lowest BCUT2D eigenvalue weighted by Crippen LogP contribution is -2.39. The number of aliphatic carboxylic acids is 1. The Morgan fingerprint density at radius 2 is 1.14 bits per heavy atom. The van der Waals surface area contributed by atoms with Crippen molar-refractivity contribution in [2.45, 2.75) is 135 Å². The molecule has 1 amide bonds. The fourth-order valence-electron chi connectivity index (χ4n) is 3.54. The van der Waals surface area contributed by atoms with E-state index < -0.39 is 11.9 Å². The maximum absolute atomic E-state index is 12.1. The molecular formula is C24H45NO4. The maximum atomic E-state index is 12.1. The molecule has 0 aromatic rings. The normalized spacial score (nSPS) is 11.9. The van der Waals surface area contributed by atoms with Gasteiger partial charge in [0.15, 0.2) is 0 Å². The molecule has 0 aliphatic rings. The Kier molecular flexibility index (Phi) is 19.0. The number of hydrogen-bond donors (Lipinski definition) is 2. The number of rotatable bonds is 21. The molecule has 170 valence electrons. The van der Waals surface area contributed by atoms with Gasteiger partial charge in [0.25, 0.3) is 5.91 Å². The van der Waals surface area contributed by atoms with E-state index in [1.54, 1.807) is 0 Å². The second-order valence-corrected chi connectivity index (χ2v) is 8.31. The SMILES string of the molecule is CCCCCCCCCCCCCCC(=O)C(=O)N[C@@H](CCCC)CCC(=O)O. The number of amides is 1. The Bertz CT molecular complexity index is 437. The van der Waals surface area contributed by atoms with Gasteiger partial charge in [-0.25, -0.2) is 0 Å². The van der Waals surface area contributed by atoms with Gasteiger partial charge in [0, 0.05) is 18.9 Å². The number of Topliss-reactive ketones (excluding diaryl/α,β-unsaturated/α-hetero) is 1. The molecule has 0 radical (unpaired) electrons. The highest BCUT2D eigenvalue weighted by molar-refractivity contribution is 6.36. The van der Waals surface area contributed by atoms with Gasteiger partial charge in [0.1, 0.15) is 0 Å². The first-order valence-electron chi connectivity index (χ1n) is 12.1. The molecular weight excluding hydrogens is 366 g/mol. The van der Waals surface area contributed by atoms with E-state index in [1.807, 2.05) is 0 Å². The van der Waals surface area contributed by atoms with Crippen LogP contribution in [-0.4, -0.2) is 28.8 Å². The second kappa shape index (κ2) is 19.9. The fraction of sp³-hybridized carbons (Fsp3) is 0.875. The van der Waals surface area contributed by atoms with Crippen molar-refractivity contribution in [1.29, 1.82) is 0 Å². The standard InChI is InChI=1S/C24H45NO4/c1-3-5-7-8-9-10-11-12-13-14-15-16-18-22(26)24(29)25-21(17-6-4-2)19-20-23(27)28/h21H,3-20H2,1-2H3,(H,25,29)(H,27,28)/t21-/m0/s1. The zero-order chi connectivity index (χ0) is 21.7. The monoisotopic (exact) mass is 411 g/mol. The first kappa shape index (κ1) is 27.6. The molecule has 0 saturated carbocycles. The lowest BCUT2D eigenvalue weighted by Gasteiger charge is -2.17. The molecule has 0 saturated heterocycles. The molecule has 0 aliphatic carbocycles. The van der Waals surface area contributed by atoms with Crippen molar-refractivity contribution in [3.63, 3.8) is 0 Å². The van der Waals surface area contributed by atoms with Gasteiger partial charge in [-0.2, -0.15) is 0 Å². The molecule has 1 atom stereocenters. The average Bonchev–Trinajstić information content (AvgIpc) is 2.70. The fourth-order valence-corrected chi connectivity index (χ4v) is 3.54. The third-order valence-corrected chi connectivity index (χ3v) is 5.46. The molecule has 5 nitrogen and oxygen atoms in total. The lowest BCUT2D eigenvalue weighted by molar-refractivity contribution is -0.139. The minimum atomic E-state index is -0.872. The minimum absolute atomic E-state index is 0.0155. The highest BCUT2D eigenvalue weighted by atomic mass is 16.4. The van der Waals surface area contributed by atoms with Crippen LogP contribution in [0.1, 0.15) is 129 Å². The second-order valence-electron chi connectivity index (χ2n) is 8.31. The molecule has 0 spiro atoms. The lowest BCUT2D eigenvalue weighted by atomic mass is 10.0. The molecule has 0 aromatic carbocycles. The molecule has 5 heteroatoms. The van der Waals surface area contributed by atoms with E-state index in [4.69, 9.17) is 5.11 Å². The van der Waals surface area contributed by atoms with Crippen LogP contribution < -0.4 is 5.32 Å². The molecule has 2 N–H and O–H groups in total. The van der Waals surface area contributed by atoms with Crippen LogP contribution >= 0.6 is 0 Å². The predicted molar refractivity (Wildman–Crippen MR) is 119 cm³/mol. The number of carboxylic acids is 1. The molecule has 0 aliphatic heterocycles. The predicted octanol–water partition coefficient (Wildman–Crippen LogP) is 6.19. The van der Waals surface area contributed by atoms with Crippen LogP contribution in [0.2, 0.25) is 0 Å². The van der Waals surface area contributed by atoms with E-state index in [1.165, 1.54) is 57.8 Å². The highest BCUT2D eigenvalue weighted by Crippen LogP contribution is 2.13. The van der Waals surface area contributed by atoms with Crippen molar-refractivity contribution < 1.29 is 19.5 Å². The van der Waals surface area contributed by atoms with Crippen molar-refractivity contribution in [2.24, 2.45) is 0 Å². The number of ketones is 1. The van der Waals surface area contributed by atoms with Crippen molar-refractivity contribution >= 4 is 17.7 Å². The zero-order valence-electron chi connectivity index (χ0n) is 19.0. The van der Waals surface area contributed by atoms with Crippen LogP contribution in [0.3, 0.4) is 0 Å². The van der Waals surface area contributed by atoms with Crippen LogP contribution in [0.5, 0.6) is 0 Å². The minimum Gasteiger partial charge on any atom is -0.481 e. The summed E-state index contributed by atoms with van der Waals surface area (Å²) in [4.78, 5) is 34.9. The van der Waals surface area contributed by atoms with Crippen LogP contribution in [0.25, 0.3) is 0 Å². The zero-order valence-corrected chi connectivity index (χ0v) is 19.0. The van der Waals surface area contributed by atoms with Gasteiger partial charge in [0.2, 0.25) is 5.78 Å². The Balaban J connectivity index is 3.75. The first-order chi connectivity index (χ1) is 14.0. The Morgan fingerprint density at radius 3 is 1.62 bits per heavy atom. The summed E-state index contributed by atoms with van der Waals surface area (Å²) < 4.78 is 0. The van der Waals surface area contributed by atoms with E-state index in [9.17, 15) is 14.4 Å². The average molecular weight is 412 g/mol. The van der Waals surface area contributed by atoms with E-state index in [0.29, 0.717) is 12.8 Å². The van der Waals surface area contributed by atoms with E-state index in [2.05, 4.69) is 19.2 Å². The third-order valence-electron chi connectivity index (χ3n) is 5.46. The number of carbonyl (C=O) groups is 3. The molecule has 0 bridgehead atoms. The van der Waals surface area contributed by atoms with Crippen LogP contribution in [-0.2, 0) is 14.4 Å².